The van der Waals surface area contributed by atoms with Gasteiger partial charge in [0.05, 0.1) is 0 Å². The average molecular weight is 218 g/mol. The number of benzene rings is 1. The SMILES string of the molecule is CC(C)(C)c1ccc(-c2csnn2)cc1. The molecule has 0 spiro atoms. The lowest BCUT2D eigenvalue weighted by Crippen LogP contribution is -2.10. The Balaban J connectivity index is 2.33. The molecule has 2 rings (SSSR count). The Morgan fingerprint density at radius 2 is 1.73 bits per heavy atom. The van der Waals surface area contributed by atoms with E-state index < -0.39 is 0 Å². The molecule has 0 N–H and O–H groups in total. The van der Waals surface area contributed by atoms with Crippen LogP contribution in [-0.4, -0.2) is 9.59 Å². The van der Waals surface area contributed by atoms with Gasteiger partial charge in [-0.05, 0) is 22.5 Å². The summed E-state index contributed by atoms with van der Waals surface area (Å²) in [5.74, 6) is 0. The van der Waals surface area contributed by atoms with E-state index in [1.807, 2.05) is 5.38 Å². The van der Waals surface area contributed by atoms with Gasteiger partial charge in [0.2, 0.25) is 0 Å². The molecule has 2 nitrogen and oxygen atoms in total. The van der Waals surface area contributed by atoms with Crippen LogP contribution < -0.4 is 0 Å². The van der Waals surface area contributed by atoms with Gasteiger partial charge >= 0.3 is 0 Å². The molecule has 2 aromatic rings. The molecule has 0 bridgehead atoms. The Morgan fingerprint density at radius 3 is 2.20 bits per heavy atom. The van der Waals surface area contributed by atoms with Crippen LogP contribution in [0.4, 0.5) is 0 Å². The number of nitrogens with zero attached hydrogens (tertiary/aromatic N) is 2. The largest absolute Gasteiger partial charge is 0.138 e. The second-order valence-corrected chi connectivity index (χ2v) is 5.23. The highest BCUT2D eigenvalue weighted by Gasteiger charge is 2.13. The Bertz CT molecular complexity index is 424. The second-order valence-electron chi connectivity index (χ2n) is 4.62. The van der Waals surface area contributed by atoms with Gasteiger partial charge in [-0.2, -0.15) is 0 Å². The van der Waals surface area contributed by atoms with Crippen molar-refractivity contribution in [3.05, 3.63) is 35.2 Å². The lowest BCUT2D eigenvalue weighted by atomic mass is 9.86. The van der Waals surface area contributed by atoms with Crippen molar-refractivity contribution in [2.75, 3.05) is 0 Å². The van der Waals surface area contributed by atoms with Crippen LogP contribution in [-0.2, 0) is 5.41 Å². The zero-order valence-corrected chi connectivity index (χ0v) is 10.0. The highest BCUT2D eigenvalue weighted by Crippen LogP contribution is 2.25. The third-order valence-corrected chi connectivity index (χ3v) is 2.91. The van der Waals surface area contributed by atoms with Crippen LogP contribution in [0.2, 0.25) is 0 Å². The van der Waals surface area contributed by atoms with Crippen LogP contribution in [0.1, 0.15) is 26.3 Å². The van der Waals surface area contributed by atoms with Crippen molar-refractivity contribution in [2.24, 2.45) is 0 Å². The van der Waals surface area contributed by atoms with E-state index in [9.17, 15) is 0 Å². The van der Waals surface area contributed by atoms with E-state index in [1.54, 1.807) is 0 Å². The maximum absolute atomic E-state index is 4.05. The predicted octanol–water partition coefficient (Wildman–Crippen LogP) is 3.50. The molecule has 15 heavy (non-hydrogen) atoms. The Labute approximate surface area is 94.1 Å². The van der Waals surface area contributed by atoms with Gasteiger partial charge in [0.15, 0.2) is 0 Å². The molecule has 0 aliphatic heterocycles. The van der Waals surface area contributed by atoms with Crippen LogP contribution in [0.3, 0.4) is 0 Å². The fourth-order valence-electron chi connectivity index (χ4n) is 1.43. The summed E-state index contributed by atoms with van der Waals surface area (Å²) in [6, 6.07) is 8.54. The second kappa shape index (κ2) is 3.74. The minimum Gasteiger partial charge on any atom is -0.138 e. The molecular weight excluding hydrogens is 204 g/mol. The first-order chi connectivity index (χ1) is 7.07. The van der Waals surface area contributed by atoms with Gasteiger partial charge in [-0.25, -0.2) is 0 Å². The number of hydrogen-bond acceptors (Lipinski definition) is 3. The van der Waals surface area contributed by atoms with Crippen LogP contribution in [0.5, 0.6) is 0 Å². The predicted molar refractivity (Wildman–Crippen MR) is 64.0 cm³/mol. The van der Waals surface area contributed by atoms with Gasteiger partial charge in [-0.15, -0.1) is 5.10 Å². The Morgan fingerprint density at radius 1 is 1.07 bits per heavy atom. The lowest BCUT2D eigenvalue weighted by Gasteiger charge is -2.18. The first kappa shape index (κ1) is 10.3. The smallest absolute Gasteiger partial charge is 0.105 e. The average Bonchev–Trinajstić information content (AvgIpc) is 2.69. The Hall–Kier alpha value is -1.22. The molecule has 0 aliphatic carbocycles. The maximum atomic E-state index is 4.05. The molecule has 0 atom stereocenters. The quantitative estimate of drug-likeness (QED) is 0.732. The van der Waals surface area contributed by atoms with Crippen molar-refractivity contribution >= 4 is 11.5 Å². The Kier molecular flexibility index (Phi) is 2.57. The first-order valence-corrected chi connectivity index (χ1v) is 5.79. The van der Waals surface area contributed by atoms with Crippen LogP contribution in [0, 0.1) is 0 Å². The first-order valence-electron chi connectivity index (χ1n) is 4.95. The van der Waals surface area contributed by atoms with Crippen LogP contribution in [0.25, 0.3) is 11.3 Å². The molecule has 1 heterocycles. The molecule has 0 amide bonds. The van der Waals surface area contributed by atoms with E-state index in [2.05, 4.69) is 54.6 Å². The van der Waals surface area contributed by atoms with Crippen molar-refractivity contribution < 1.29 is 0 Å². The maximum Gasteiger partial charge on any atom is 0.105 e. The van der Waals surface area contributed by atoms with Gasteiger partial charge in [-0.1, -0.05) is 49.5 Å². The third kappa shape index (κ3) is 2.23. The molecule has 0 saturated carbocycles. The third-order valence-electron chi connectivity index (χ3n) is 2.41. The summed E-state index contributed by atoms with van der Waals surface area (Å²) in [6.45, 7) is 6.64. The molecule has 0 radical (unpaired) electrons. The zero-order chi connectivity index (χ0) is 10.9. The molecule has 78 valence electrons. The molecule has 0 aliphatic rings. The molecule has 1 aromatic heterocycles. The van der Waals surface area contributed by atoms with E-state index in [-0.39, 0.29) is 5.41 Å². The van der Waals surface area contributed by atoms with E-state index in [1.165, 1.54) is 17.1 Å². The standard InChI is InChI=1S/C12H14N2S/c1-12(2,3)10-6-4-9(5-7-10)11-8-15-14-13-11/h4-8H,1-3H3. The number of rotatable bonds is 1. The summed E-state index contributed by atoms with van der Waals surface area (Å²) in [5, 5.41) is 6.01. The van der Waals surface area contributed by atoms with E-state index in [0.717, 1.165) is 11.3 Å². The monoisotopic (exact) mass is 218 g/mol. The van der Waals surface area contributed by atoms with Crippen molar-refractivity contribution in [1.29, 1.82) is 0 Å². The minimum atomic E-state index is 0.207. The van der Waals surface area contributed by atoms with Crippen molar-refractivity contribution in [3.8, 4) is 11.3 Å². The summed E-state index contributed by atoms with van der Waals surface area (Å²) >= 11 is 1.38. The number of hydrogen-bond donors (Lipinski definition) is 0. The minimum absolute atomic E-state index is 0.207. The molecule has 3 heteroatoms. The van der Waals surface area contributed by atoms with Gasteiger partial charge in [0.25, 0.3) is 0 Å². The van der Waals surface area contributed by atoms with Gasteiger partial charge in [0.1, 0.15) is 5.69 Å². The van der Waals surface area contributed by atoms with Crippen molar-refractivity contribution in [1.82, 2.24) is 9.59 Å². The topological polar surface area (TPSA) is 25.8 Å². The molecule has 0 saturated heterocycles. The van der Waals surface area contributed by atoms with E-state index in [4.69, 9.17) is 0 Å². The van der Waals surface area contributed by atoms with Crippen LogP contribution >= 0.6 is 11.5 Å². The zero-order valence-electron chi connectivity index (χ0n) is 9.19. The fourth-order valence-corrected chi connectivity index (χ4v) is 1.90. The van der Waals surface area contributed by atoms with Gasteiger partial charge < -0.3 is 0 Å². The van der Waals surface area contributed by atoms with Gasteiger partial charge in [0, 0.05) is 10.9 Å². The van der Waals surface area contributed by atoms with Crippen LogP contribution in [0.15, 0.2) is 29.6 Å². The van der Waals surface area contributed by atoms with E-state index in [0.29, 0.717) is 0 Å². The summed E-state index contributed by atoms with van der Waals surface area (Å²) < 4.78 is 3.86. The summed E-state index contributed by atoms with van der Waals surface area (Å²) in [4.78, 5) is 0. The summed E-state index contributed by atoms with van der Waals surface area (Å²) in [5.41, 5.74) is 3.64. The van der Waals surface area contributed by atoms with Crippen molar-refractivity contribution in [2.45, 2.75) is 26.2 Å². The fraction of sp³-hybridized carbons (Fsp3) is 0.333. The molecule has 0 unspecified atom stereocenters. The summed E-state index contributed by atoms with van der Waals surface area (Å²) in [6.07, 6.45) is 0. The summed E-state index contributed by atoms with van der Waals surface area (Å²) in [7, 11) is 0. The molecule has 0 fully saturated rings. The van der Waals surface area contributed by atoms with Gasteiger partial charge in [-0.3, -0.25) is 0 Å². The normalized spacial score (nSPS) is 11.7. The highest BCUT2D eigenvalue weighted by molar-refractivity contribution is 7.03. The highest BCUT2D eigenvalue weighted by atomic mass is 32.1. The van der Waals surface area contributed by atoms with E-state index >= 15 is 0 Å². The lowest BCUT2D eigenvalue weighted by molar-refractivity contribution is 0.590. The number of aromatic nitrogens is 2. The van der Waals surface area contributed by atoms with Crippen molar-refractivity contribution in [3.63, 3.8) is 0 Å². The molecular formula is C12H14N2S. The molecule has 1 aromatic carbocycles.